The maximum atomic E-state index is 12.7. The van der Waals surface area contributed by atoms with Gasteiger partial charge in [0, 0.05) is 13.1 Å². The van der Waals surface area contributed by atoms with Crippen LogP contribution in [0.4, 0.5) is 4.79 Å². The highest BCUT2D eigenvalue weighted by molar-refractivity contribution is 6.04. The third-order valence-corrected chi connectivity index (χ3v) is 7.98. The summed E-state index contributed by atoms with van der Waals surface area (Å²) in [5.74, 6) is 2.58. The molecule has 0 spiro atoms. The van der Waals surface area contributed by atoms with Gasteiger partial charge in [0.2, 0.25) is 11.5 Å². The lowest BCUT2D eigenvalue weighted by Gasteiger charge is -2.19. The Balaban J connectivity index is 1.42. The summed E-state index contributed by atoms with van der Waals surface area (Å²) in [5.41, 5.74) is 1.63. The highest BCUT2D eigenvalue weighted by Gasteiger charge is 2.17. The van der Waals surface area contributed by atoms with E-state index < -0.39 is 5.60 Å². The standard InChI is InChI=1S/C40H56N4O9/c1-40(2,3)53-39(46)41-21-15-13-11-9-10-12-14-16-22-44-27-31(42-43-44)28-52-38-35(49-6)25-30(26-36(38)50-7)18-20-32(45)19-17-29-23-33(47-4)37(51-8)34(24-29)48-5/h17-20,23-27H,9-16,21-22,28H2,1-8H3,(H,41,46)/b19-17+,20-18+. The third-order valence-electron chi connectivity index (χ3n) is 7.98. The Bertz CT molecular complexity index is 1610. The topological polar surface area (TPSA) is 141 Å². The molecule has 3 aromatic rings. The average Bonchev–Trinajstić information content (AvgIpc) is 3.60. The van der Waals surface area contributed by atoms with Gasteiger partial charge in [0.25, 0.3) is 0 Å². The van der Waals surface area contributed by atoms with Gasteiger partial charge in [-0.1, -0.05) is 55.9 Å². The number of methoxy groups -OCH3 is 5. The molecule has 1 aromatic heterocycles. The molecule has 3 rings (SSSR count). The van der Waals surface area contributed by atoms with Gasteiger partial charge in [0.15, 0.2) is 28.8 Å². The van der Waals surface area contributed by atoms with Crippen molar-refractivity contribution in [2.24, 2.45) is 0 Å². The van der Waals surface area contributed by atoms with E-state index >= 15 is 0 Å². The molecule has 1 heterocycles. The number of nitrogens with one attached hydrogen (secondary N) is 1. The molecule has 0 radical (unpaired) electrons. The molecular formula is C40H56N4O9. The van der Waals surface area contributed by atoms with Crippen molar-refractivity contribution in [3.05, 3.63) is 59.4 Å². The maximum Gasteiger partial charge on any atom is 0.407 e. The van der Waals surface area contributed by atoms with E-state index in [0.29, 0.717) is 57.9 Å². The number of aromatic nitrogens is 3. The first-order valence-electron chi connectivity index (χ1n) is 17.9. The third kappa shape index (κ3) is 14.8. The van der Waals surface area contributed by atoms with Gasteiger partial charge >= 0.3 is 6.09 Å². The lowest BCUT2D eigenvalue weighted by atomic mass is 10.1. The summed E-state index contributed by atoms with van der Waals surface area (Å²) >= 11 is 0. The van der Waals surface area contributed by atoms with E-state index in [-0.39, 0.29) is 18.5 Å². The number of aryl methyl sites for hydroxylation is 1. The molecule has 0 saturated carbocycles. The first kappa shape index (κ1) is 42.2. The molecule has 0 unspecified atom stereocenters. The van der Waals surface area contributed by atoms with E-state index in [4.69, 9.17) is 33.2 Å². The van der Waals surface area contributed by atoms with Crippen molar-refractivity contribution < 1.29 is 42.7 Å². The molecule has 1 amide bonds. The smallest absolute Gasteiger partial charge is 0.407 e. The molecule has 290 valence electrons. The van der Waals surface area contributed by atoms with Crippen LogP contribution in [-0.4, -0.2) is 74.6 Å². The summed E-state index contributed by atoms with van der Waals surface area (Å²) in [6, 6.07) is 7.06. The highest BCUT2D eigenvalue weighted by Crippen LogP contribution is 2.40. The van der Waals surface area contributed by atoms with Crippen LogP contribution in [0.25, 0.3) is 12.2 Å². The van der Waals surface area contributed by atoms with E-state index in [0.717, 1.165) is 38.6 Å². The molecule has 1 N–H and O–H groups in total. The summed E-state index contributed by atoms with van der Waals surface area (Å²) < 4.78 is 40.5. The summed E-state index contributed by atoms with van der Waals surface area (Å²) in [5, 5.41) is 11.3. The normalized spacial score (nSPS) is 11.5. The number of alkyl carbamates (subject to hydrolysis) is 1. The second-order valence-corrected chi connectivity index (χ2v) is 13.3. The number of rotatable bonds is 23. The zero-order valence-corrected chi connectivity index (χ0v) is 32.5. The molecule has 0 bridgehead atoms. The van der Waals surface area contributed by atoms with Crippen LogP contribution < -0.4 is 33.7 Å². The first-order chi connectivity index (χ1) is 25.5. The lowest BCUT2D eigenvalue weighted by molar-refractivity contribution is -0.110. The van der Waals surface area contributed by atoms with E-state index in [1.54, 1.807) is 50.6 Å². The second-order valence-electron chi connectivity index (χ2n) is 13.3. The number of hydrogen-bond donors (Lipinski definition) is 1. The summed E-state index contributed by atoms with van der Waals surface area (Å²) in [6.07, 6.45) is 16.7. The Hall–Kier alpha value is -5.20. The number of ether oxygens (including phenoxy) is 7. The molecule has 0 aliphatic heterocycles. The Morgan fingerprint density at radius 3 is 1.68 bits per heavy atom. The van der Waals surface area contributed by atoms with Crippen molar-refractivity contribution in [3.8, 4) is 34.5 Å². The molecule has 13 nitrogen and oxygen atoms in total. The molecule has 53 heavy (non-hydrogen) atoms. The predicted molar refractivity (Wildman–Crippen MR) is 204 cm³/mol. The van der Waals surface area contributed by atoms with Crippen LogP contribution in [0.2, 0.25) is 0 Å². The van der Waals surface area contributed by atoms with Crippen molar-refractivity contribution in [2.45, 2.75) is 90.9 Å². The quantitative estimate of drug-likeness (QED) is 0.0752. The lowest BCUT2D eigenvalue weighted by Crippen LogP contribution is -2.32. The Kier molecular flexibility index (Phi) is 17.5. The Labute approximate surface area is 313 Å². The van der Waals surface area contributed by atoms with Crippen LogP contribution in [0.3, 0.4) is 0 Å². The van der Waals surface area contributed by atoms with Crippen LogP contribution in [0.1, 0.15) is 89.0 Å². The number of carbonyl (C=O) groups is 2. The van der Waals surface area contributed by atoms with Gasteiger partial charge in [-0.3, -0.25) is 9.48 Å². The minimum absolute atomic E-state index is 0.180. The van der Waals surface area contributed by atoms with Gasteiger partial charge in [-0.15, -0.1) is 5.10 Å². The maximum absolute atomic E-state index is 12.7. The second kappa shape index (κ2) is 22.0. The van der Waals surface area contributed by atoms with Crippen molar-refractivity contribution in [2.75, 3.05) is 42.1 Å². The fourth-order valence-corrected chi connectivity index (χ4v) is 5.37. The van der Waals surface area contributed by atoms with Gasteiger partial charge in [0.1, 0.15) is 17.9 Å². The van der Waals surface area contributed by atoms with Crippen LogP contribution in [0, 0.1) is 0 Å². The largest absolute Gasteiger partial charge is 0.493 e. The number of hydrogen-bond acceptors (Lipinski definition) is 11. The van der Waals surface area contributed by atoms with Gasteiger partial charge in [-0.2, -0.15) is 0 Å². The Morgan fingerprint density at radius 1 is 0.698 bits per heavy atom. The van der Waals surface area contributed by atoms with Crippen LogP contribution in [-0.2, 0) is 22.7 Å². The highest BCUT2D eigenvalue weighted by atomic mass is 16.6. The van der Waals surface area contributed by atoms with Gasteiger partial charge in [-0.25, -0.2) is 4.79 Å². The first-order valence-corrected chi connectivity index (χ1v) is 17.9. The molecule has 2 aromatic carbocycles. The zero-order valence-electron chi connectivity index (χ0n) is 32.5. The summed E-state index contributed by atoms with van der Waals surface area (Å²) in [7, 11) is 7.70. The van der Waals surface area contributed by atoms with Crippen LogP contribution >= 0.6 is 0 Å². The molecule has 0 atom stereocenters. The number of allylic oxidation sites excluding steroid dienone is 2. The van der Waals surface area contributed by atoms with Gasteiger partial charge in [-0.05, 0) is 81.2 Å². The van der Waals surface area contributed by atoms with Crippen LogP contribution in [0.5, 0.6) is 34.5 Å². The fraction of sp³-hybridized carbons (Fsp3) is 0.500. The van der Waals surface area contributed by atoms with E-state index in [2.05, 4.69) is 15.6 Å². The Morgan fingerprint density at radius 2 is 1.19 bits per heavy atom. The monoisotopic (exact) mass is 736 g/mol. The van der Waals surface area contributed by atoms with Gasteiger partial charge < -0.3 is 38.5 Å². The van der Waals surface area contributed by atoms with Crippen molar-refractivity contribution in [3.63, 3.8) is 0 Å². The minimum atomic E-state index is -0.468. The van der Waals surface area contributed by atoms with E-state index in [1.165, 1.54) is 52.7 Å². The van der Waals surface area contributed by atoms with Crippen molar-refractivity contribution >= 4 is 24.0 Å². The number of carbonyl (C=O) groups excluding carboxylic acids is 2. The molecule has 0 aliphatic carbocycles. The number of unbranched alkanes of at least 4 members (excludes halogenated alkanes) is 7. The number of ketones is 1. The SMILES string of the molecule is COc1cc(/C=C/C(=O)/C=C/c2cc(OC)c(OCc3cn(CCCCCCCCCCNC(=O)OC(C)(C)C)nn3)c(OC)c2)cc(OC)c1OC. The van der Waals surface area contributed by atoms with E-state index in [1.807, 2.05) is 31.6 Å². The average molecular weight is 737 g/mol. The van der Waals surface area contributed by atoms with Gasteiger partial charge in [0.05, 0.1) is 41.7 Å². The summed E-state index contributed by atoms with van der Waals surface area (Å²) in [6.45, 7) is 7.19. The molecule has 0 saturated heterocycles. The summed E-state index contributed by atoms with van der Waals surface area (Å²) in [4.78, 5) is 24.4. The molecule has 0 aliphatic rings. The fourth-order valence-electron chi connectivity index (χ4n) is 5.37. The molecular weight excluding hydrogens is 680 g/mol. The zero-order chi connectivity index (χ0) is 38.6. The number of nitrogens with zero attached hydrogens (tertiary/aromatic N) is 3. The predicted octanol–water partition coefficient (Wildman–Crippen LogP) is 7.84. The van der Waals surface area contributed by atoms with E-state index in [9.17, 15) is 9.59 Å². The number of benzene rings is 2. The molecule has 13 heteroatoms. The van der Waals surface area contributed by atoms with Crippen molar-refractivity contribution in [1.29, 1.82) is 0 Å². The molecule has 0 fully saturated rings. The van der Waals surface area contributed by atoms with Crippen LogP contribution in [0.15, 0.2) is 42.6 Å². The number of amides is 1. The minimum Gasteiger partial charge on any atom is -0.493 e. The van der Waals surface area contributed by atoms with Crippen molar-refractivity contribution in [1.82, 2.24) is 20.3 Å².